The van der Waals surface area contributed by atoms with Gasteiger partial charge >= 0.3 is 0 Å². The molecule has 1 aromatic carbocycles. The maximum absolute atomic E-state index is 12.6. The second-order valence-electron chi connectivity index (χ2n) is 7.28. The van der Waals surface area contributed by atoms with Crippen LogP contribution in [-0.2, 0) is 10.0 Å². The predicted molar refractivity (Wildman–Crippen MR) is 102 cm³/mol. The molecule has 0 spiro atoms. The lowest BCUT2D eigenvalue weighted by atomic mass is 9.99. The fourth-order valence-electron chi connectivity index (χ4n) is 3.62. The van der Waals surface area contributed by atoms with Gasteiger partial charge in [0.05, 0.1) is 0 Å². The van der Waals surface area contributed by atoms with E-state index in [-0.39, 0.29) is 10.9 Å². The fourth-order valence-corrected chi connectivity index (χ4v) is 5.18. The van der Waals surface area contributed by atoms with E-state index in [1.807, 2.05) is 19.1 Å². The van der Waals surface area contributed by atoms with Crippen LogP contribution in [0.25, 0.3) is 0 Å². The van der Waals surface area contributed by atoms with E-state index in [4.69, 9.17) is 4.52 Å². The SMILES string of the molecule is Cc1noc(C)c1S(=O)(=O)N[C@@H](C)c1ccc(N2CCC[C@H](C)C2)cc1. The number of piperidine rings is 1. The minimum Gasteiger partial charge on any atom is -0.371 e. The monoisotopic (exact) mass is 377 g/mol. The summed E-state index contributed by atoms with van der Waals surface area (Å²) in [5.74, 6) is 1.01. The van der Waals surface area contributed by atoms with Gasteiger partial charge in [0.15, 0.2) is 5.76 Å². The molecule has 2 aromatic rings. The van der Waals surface area contributed by atoms with Crippen molar-refractivity contribution in [3.63, 3.8) is 0 Å². The third-order valence-electron chi connectivity index (χ3n) is 4.98. The molecule has 0 amide bonds. The summed E-state index contributed by atoms with van der Waals surface area (Å²) in [5.41, 5.74) is 2.49. The molecule has 2 heterocycles. The Morgan fingerprint density at radius 2 is 1.96 bits per heavy atom. The number of nitrogens with one attached hydrogen (secondary N) is 1. The number of benzene rings is 1. The molecule has 6 nitrogen and oxygen atoms in total. The normalized spacial score (nSPS) is 19.5. The quantitative estimate of drug-likeness (QED) is 0.862. The summed E-state index contributed by atoms with van der Waals surface area (Å²) in [6.45, 7) is 9.52. The van der Waals surface area contributed by atoms with Crippen LogP contribution in [0.1, 0.15) is 49.7 Å². The lowest BCUT2D eigenvalue weighted by Gasteiger charge is -2.33. The van der Waals surface area contributed by atoms with Crippen LogP contribution in [0.15, 0.2) is 33.7 Å². The summed E-state index contributed by atoms with van der Waals surface area (Å²) in [5, 5.41) is 3.73. The van der Waals surface area contributed by atoms with Gasteiger partial charge < -0.3 is 9.42 Å². The molecular formula is C19H27N3O3S. The lowest BCUT2D eigenvalue weighted by molar-refractivity contribution is 0.390. The van der Waals surface area contributed by atoms with Gasteiger partial charge in [0, 0.05) is 24.8 Å². The zero-order chi connectivity index (χ0) is 18.9. The minimum atomic E-state index is -3.68. The van der Waals surface area contributed by atoms with Crippen LogP contribution in [0.2, 0.25) is 0 Å². The van der Waals surface area contributed by atoms with Gasteiger partial charge in [-0.15, -0.1) is 0 Å². The summed E-state index contributed by atoms with van der Waals surface area (Å²) >= 11 is 0. The van der Waals surface area contributed by atoms with Gasteiger partial charge in [0.1, 0.15) is 10.6 Å². The highest BCUT2D eigenvalue weighted by atomic mass is 32.2. The van der Waals surface area contributed by atoms with Crippen LogP contribution in [-0.4, -0.2) is 26.7 Å². The molecule has 0 aliphatic carbocycles. The lowest BCUT2D eigenvalue weighted by Crippen LogP contribution is -2.34. The van der Waals surface area contributed by atoms with Crippen molar-refractivity contribution in [2.45, 2.75) is 51.5 Å². The van der Waals surface area contributed by atoms with E-state index in [1.54, 1.807) is 13.8 Å². The number of hydrogen-bond acceptors (Lipinski definition) is 5. The van der Waals surface area contributed by atoms with Gasteiger partial charge in [0.25, 0.3) is 0 Å². The Balaban J connectivity index is 1.73. The molecule has 2 atom stereocenters. The van der Waals surface area contributed by atoms with E-state index >= 15 is 0 Å². The van der Waals surface area contributed by atoms with Gasteiger partial charge in [-0.25, -0.2) is 13.1 Å². The molecule has 1 fully saturated rings. The van der Waals surface area contributed by atoms with Gasteiger partial charge in [-0.3, -0.25) is 0 Å². The Labute approximate surface area is 155 Å². The first-order chi connectivity index (χ1) is 12.3. The van der Waals surface area contributed by atoms with Gasteiger partial charge in [-0.2, -0.15) is 0 Å². The van der Waals surface area contributed by atoms with E-state index < -0.39 is 10.0 Å². The molecule has 1 aliphatic heterocycles. The summed E-state index contributed by atoms with van der Waals surface area (Å²) in [6.07, 6.45) is 2.51. The number of aromatic nitrogens is 1. The first-order valence-corrected chi connectivity index (χ1v) is 10.6. The molecule has 7 heteroatoms. The Bertz CT molecular complexity index is 839. The second-order valence-corrected chi connectivity index (χ2v) is 8.93. The van der Waals surface area contributed by atoms with Crippen LogP contribution >= 0.6 is 0 Å². The summed E-state index contributed by atoms with van der Waals surface area (Å²) in [6, 6.07) is 7.80. The average Bonchev–Trinajstić information content (AvgIpc) is 2.94. The van der Waals surface area contributed by atoms with Crippen molar-refractivity contribution in [3.8, 4) is 0 Å². The van der Waals surface area contributed by atoms with Crippen LogP contribution in [0.3, 0.4) is 0 Å². The highest BCUT2D eigenvalue weighted by Crippen LogP contribution is 2.26. The Morgan fingerprint density at radius 1 is 1.27 bits per heavy atom. The zero-order valence-corrected chi connectivity index (χ0v) is 16.6. The van der Waals surface area contributed by atoms with Gasteiger partial charge in [-0.05, 0) is 57.2 Å². The Hall–Kier alpha value is -1.86. The first kappa shape index (κ1) is 18.9. The maximum atomic E-state index is 12.6. The van der Waals surface area contributed by atoms with Crippen molar-refractivity contribution < 1.29 is 12.9 Å². The molecule has 3 rings (SSSR count). The summed E-state index contributed by atoms with van der Waals surface area (Å²) in [4.78, 5) is 2.53. The van der Waals surface area contributed by atoms with Crippen LogP contribution in [0.5, 0.6) is 0 Å². The van der Waals surface area contributed by atoms with E-state index in [2.05, 4.69) is 33.8 Å². The van der Waals surface area contributed by atoms with Crippen molar-refractivity contribution in [1.29, 1.82) is 0 Å². The molecular weight excluding hydrogens is 350 g/mol. The minimum absolute atomic E-state index is 0.128. The van der Waals surface area contributed by atoms with Crippen LogP contribution in [0.4, 0.5) is 5.69 Å². The molecule has 142 valence electrons. The Kier molecular flexibility index (Phi) is 5.39. The number of aryl methyl sites for hydroxylation is 2. The number of nitrogens with zero attached hydrogens (tertiary/aromatic N) is 2. The van der Waals surface area contributed by atoms with Crippen molar-refractivity contribution >= 4 is 15.7 Å². The fraction of sp³-hybridized carbons (Fsp3) is 0.526. The third kappa shape index (κ3) is 3.94. The first-order valence-electron chi connectivity index (χ1n) is 9.08. The highest BCUT2D eigenvalue weighted by Gasteiger charge is 2.26. The zero-order valence-electron chi connectivity index (χ0n) is 15.8. The van der Waals surface area contributed by atoms with Crippen molar-refractivity contribution in [2.24, 2.45) is 5.92 Å². The number of rotatable bonds is 5. The van der Waals surface area contributed by atoms with E-state index in [0.29, 0.717) is 17.4 Å². The van der Waals surface area contributed by atoms with Gasteiger partial charge in [-0.1, -0.05) is 24.2 Å². The molecule has 0 radical (unpaired) electrons. The molecule has 26 heavy (non-hydrogen) atoms. The average molecular weight is 378 g/mol. The molecule has 0 bridgehead atoms. The van der Waals surface area contributed by atoms with Gasteiger partial charge in [0.2, 0.25) is 10.0 Å². The molecule has 0 saturated carbocycles. The van der Waals surface area contributed by atoms with Crippen LogP contribution in [0, 0.1) is 19.8 Å². The Morgan fingerprint density at radius 3 is 2.54 bits per heavy atom. The smallest absolute Gasteiger partial charge is 0.246 e. The highest BCUT2D eigenvalue weighted by molar-refractivity contribution is 7.89. The number of sulfonamides is 1. The molecule has 1 saturated heterocycles. The second kappa shape index (κ2) is 7.40. The number of hydrogen-bond donors (Lipinski definition) is 1. The van der Waals surface area contributed by atoms with Crippen molar-refractivity contribution in [2.75, 3.05) is 18.0 Å². The maximum Gasteiger partial charge on any atom is 0.246 e. The summed E-state index contributed by atoms with van der Waals surface area (Å²) in [7, 11) is -3.68. The van der Waals surface area contributed by atoms with Crippen LogP contribution < -0.4 is 9.62 Å². The van der Waals surface area contributed by atoms with Crippen molar-refractivity contribution in [3.05, 3.63) is 41.3 Å². The van der Waals surface area contributed by atoms with E-state index in [0.717, 1.165) is 18.7 Å². The molecule has 1 N–H and O–H groups in total. The topological polar surface area (TPSA) is 75.4 Å². The summed E-state index contributed by atoms with van der Waals surface area (Å²) < 4.78 is 33.0. The van der Waals surface area contributed by atoms with E-state index in [9.17, 15) is 8.42 Å². The van der Waals surface area contributed by atoms with E-state index in [1.165, 1.54) is 18.5 Å². The van der Waals surface area contributed by atoms with Crippen molar-refractivity contribution in [1.82, 2.24) is 9.88 Å². The molecule has 1 aromatic heterocycles. The predicted octanol–water partition coefficient (Wildman–Crippen LogP) is 3.57. The number of anilines is 1. The molecule has 0 unspecified atom stereocenters. The third-order valence-corrected chi connectivity index (χ3v) is 6.77. The standard InChI is InChI=1S/C19H27N3O3S/c1-13-6-5-11-22(12-13)18-9-7-17(8-10-18)14(2)21-26(23,24)19-15(3)20-25-16(19)4/h7-10,13-14,21H,5-6,11-12H2,1-4H3/t13-,14-/m0/s1. The largest absolute Gasteiger partial charge is 0.371 e. The molecule has 1 aliphatic rings.